The van der Waals surface area contributed by atoms with Gasteiger partial charge in [-0.25, -0.2) is 9.59 Å². The fourth-order valence-corrected chi connectivity index (χ4v) is 5.75. The number of hydrogen-bond acceptors (Lipinski definition) is 7. The Morgan fingerprint density at radius 3 is 2.30 bits per heavy atom. The molecule has 6 rings (SSSR count). The van der Waals surface area contributed by atoms with Crippen LogP contribution in [0, 0.1) is 0 Å². The maximum Gasteiger partial charge on any atom is 0.338 e. The fourth-order valence-electron chi connectivity index (χ4n) is 5.75. The van der Waals surface area contributed by atoms with Crippen LogP contribution in [-0.4, -0.2) is 44.3 Å². The van der Waals surface area contributed by atoms with Crippen molar-refractivity contribution in [3.8, 4) is 5.75 Å². The van der Waals surface area contributed by atoms with Gasteiger partial charge in [-0.2, -0.15) is 0 Å². The zero-order valence-corrected chi connectivity index (χ0v) is 25.6. The van der Waals surface area contributed by atoms with Crippen LogP contribution < -0.4 is 10.1 Å². The van der Waals surface area contributed by atoms with Crippen LogP contribution in [0.2, 0.25) is 0 Å². The van der Waals surface area contributed by atoms with Gasteiger partial charge in [-0.1, -0.05) is 84.9 Å². The highest BCUT2D eigenvalue weighted by molar-refractivity contribution is 5.92. The van der Waals surface area contributed by atoms with E-state index in [1.807, 2.05) is 18.2 Å². The first-order valence-corrected chi connectivity index (χ1v) is 15.6. The Labute approximate surface area is 269 Å². The Morgan fingerprint density at radius 2 is 1.46 bits per heavy atom. The van der Waals surface area contributed by atoms with Crippen LogP contribution in [0.5, 0.6) is 5.75 Å². The van der Waals surface area contributed by atoms with Crippen molar-refractivity contribution in [2.75, 3.05) is 26.3 Å². The number of hydrogen-bond donors (Lipinski definition) is 1. The van der Waals surface area contributed by atoms with Crippen LogP contribution >= 0.6 is 0 Å². The Bertz CT molecular complexity index is 1750. The molecule has 0 spiro atoms. The third-order valence-electron chi connectivity index (χ3n) is 8.20. The highest BCUT2D eigenvalue weighted by Gasteiger charge is 2.27. The first-order chi connectivity index (χ1) is 22.6. The minimum absolute atomic E-state index is 0.0335. The maximum absolute atomic E-state index is 12.8. The summed E-state index contributed by atoms with van der Waals surface area (Å²) in [5, 5.41) is 5.93. The summed E-state index contributed by atoms with van der Waals surface area (Å²) in [6, 6.07) is 38.6. The maximum atomic E-state index is 12.8. The van der Waals surface area contributed by atoms with E-state index in [1.165, 1.54) is 21.9 Å². The highest BCUT2D eigenvalue weighted by atomic mass is 16.6. The molecule has 2 atom stereocenters. The summed E-state index contributed by atoms with van der Waals surface area (Å²) in [7, 11) is 0. The average Bonchev–Trinajstić information content (AvgIpc) is 3.12. The molecule has 46 heavy (non-hydrogen) atoms. The molecule has 234 valence electrons. The van der Waals surface area contributed by atoms with E-state index in [0.717, 1.165) is 19.5 Å². The van der Waals surface area contributed by atoms with Crippen molar-refractivity contribution in [1.82, 2.24) is 5.32 Å². The molecule has 0 saturated carbocycles. The van der Waals surface area contributed by atoms with Gasteiger partial charge in [0.2, 0.25) is 0 Å². The van der Waals surface area contributed by atoms with Gasteiger partial charge < -0.3 is 24.3 Å². The largest absolute Gasteiger partial charge is 0.490 e. The summed E-state index contributed by atoms with van der Waals surface area (Å²) in [5.41, 5.74) is 3.77. The molecule has 0 amide bonds. The number of esters is 2. The van der Waals surface area contributed by atoms with Gasteiger partial charge >= 0.3 is 11.9 Å². The van der Waals surface area contributed by atoms with Crippen LogP contribution in [0.15, 0.2) is 121 Å². The van der Waals surface area contributed by atoms with E-state index in [4.69, 9.17) is 18.9 Å². The summed E-state index contributed by atoms with van der Waals surface area (Å²) in [6.07, 6.45) is 1.06. The van der Waals surface area contributed by atoms with E-state index in [0.29, 0.717) is 29.0 Å². The first-order valence-electron chi connectivity index (χ1n) is 15.6. The quantitative estimate of drug-likeness (QED) is 0.118. The monoisotopic (exact) mass is 615 g/mol. The van der Waals surface area contributed by atoms with Gasteiger partial charge in [0.1, 0.15) is 25.6 Å². The molecule has 0 bridgehead atoms. The second-order valence-corrected chi connectivity index (χ2v) is 11.3. The average molecular weight is 616 g/mol. The predicted molar refractivity (Wildman–Crippen MR) is 177 cm³/mol. The molecule has 0 aliphatic carbocycles. The van der Waals surface area contributed by atoms with Crippen molar-refractivity contribution < 1.29 is 28.5 Å². The molecule has 1 heterocycles. The second kappa shape index (κ2) is 15.3. The summed E-state index contributed by atoms with van der Waals surface area (Å²) in [6.45, 7) is 2.58. The lowest BCUT2D eigenvalue weighted by atomic mass is 9.87. The molecular formula is C39H37NO6. The topological polar surface area (TPSA) is 83.1 Å². The lowest BCUT2D eigenvalue weighted by Gasteiger charge is -2.32. The lowest BCUT2D eigenvalue weighted by Crippen LogP contribution is -2.40. The van der Waals surface area contributed by atoms with Gasteiger partial charge in [0.05, 0.1) is 23.8 Å². The first kappa shape index (κ1) is 31.0. The molecule has 5 aromatic carbocycles. The number of carbonyl (C=O) groups excluding carboxylic acids is 2. The van der Waals surface area contributed by atoms with Crippen molar-refractivity contribution in [2.24, 2.45) is 0 Å². The third-order valence-corrected chi connectivity index (χ3v) is 8.20. The summed E-state index contributed by atoms with van der Waals surface area (Å²) in [4.78, 5) is 25.1. The molecule has 1 saturated heterocycles. The third kappa shape index (κ3) is 7.99. The van der Waals surface area contributed by atoms with E-state index in [1.54, 1.807) is 48.5 Å². The van der Waals surface area contributed by atoms with Gasteiger partial charge in [0.15, 0.2) is 0 Å². The Morgan fingerprint density at radius 1 is 0.696 bits per heavy atom. The van der Waals surface area contributed by atoms with Crippen LogP contribution in [0.4, 0.5) is 0 Å². The van der Waals surface area contributed by atoms with E-state index < -0.39 is 11.9 Å². The molecule has 7 heteroatoms. The van der Waals surface area contributed by atoms with Crippen LogP contribution in [-0.2, 0) is 27.4 Å². The minimum atomic E-state index is -0.494. The van der Waals surface area contributed by atoms with Crippen molar-refractivity contribution in [3.05, 3.63) is 149 Å². The van der Waals surface area contributed by atoms with Crippen molar-refractivity contribution in [2.45, 2.75) is 31.7 Å². The summed E-state index contributed by atoms with van der Waals surface area (Å²) in [5.74, 6) is 0.0395. The summed E-state index contributed by atoms with van der Waals surface area (Å²) >= 11 is 0. The van der Waals surface area contributed by atoms with Crippen LogP contribution in [0.25, 0.3) is 10.8 Å². The molecule has 7 nitrogen and oxygen atoms in total. The predicted octanol–water partition coefficient (Wildman–Crippen LogP) is 7.09. The van der Waals surface area contributed by atoms with Gasteiger partial charge in [-0.3, -0.25) is 0 Å². The molecule has 1 aliphatic rings. The van der Waals surface area contributed by atoms with E-state index in [9.17, 15) is 9.59 Å². The fraction of sp³-hybridized carbons (Fsp3) is 0.231. The Kier molecular flexibility index (Phi) is 10.3. The smallest absolute Gasteiger partial charge is 0.338 e. The van der Waals surface area contributed by atoms with Crippen molar-refractivity contribution in [1.29, 1.82) is 0 Å². The molecule has 0 radical (unpaired) electrons. The van der Waals surface area contributed by atoms with Crippen LogP contribution in [0.1, 0.15) is 49.7 Å². The van der Waals surface area contributed by atoms with E-state index in [-0.39, 0.29) is 31.8 Å². The zero-order valence-electron chi connectivity index (χ0n) is 25.6. The standard InChI is InChI=1S/C39H37NO6/c41-38(31-9-2-1-3-10-31)46-27-33-12-6-7-13-36(33)39(42)44-23-22-43-34-18-16-30(17-19-34)35-20-21-40-25-37(35)45-26-28-14-15-29-8-4-5-11-32(29)24-28/h1-19,24,35,37,40H,20-23,25-27H2. The van der Waals surface area contributed by atoms with Gasteiger partial charge in [0, 0.05) is 18.0 Å². The van der Waals surface area contributed by atoms with Gasteiger partial charge in [-0.15, -0.1) is 0 Å². The molecule has 1 N–H and O–H groups in total. The Hall–Kier alpha value is -4.98. The van der Waals surface area contributed by atoms with Crippen LogP contribution in [0.3, 0.4) is 0 Å². The van der Waals surface area contributed by atoms with Gasteiger partial charge in [0.25, 0.3) is 0 Å². The van der Waals surface area contributed by atoms with E-state index >= 15 is 0 Å². The molecule has 5 aromatic rings. The molecule has 1 fully saturated rings. The second-order valence-electron chi connectivity index (χ2n) is 11.3. The SMILES string of the molecule is O=C(OCc1ccccc1C(=O)OCCOc1ccc(C2CCNCC2OCc2ccc3ccccc3c2)cc1)c1ccccc1. The number of benzene rings is 5. The number of fused-ring (bicyclic) bond motifs is 1. The number of carbonyl (C=O) groups is 2. The summed E-state index contributed by atoms with van der Waals surface area (Å²) < 4.78 is 23.2. The minimum Gasteiger partial charge on any atom is -0.490 e. The Balaban J connectivity index is 0.971. The normalized spacial score (nSPS) is 16.1. The van der Waals surface area contributed by atoms with Gasteiger partial charge in [-0.05, 0) is 71.3 Å². The zero-order chi connectivity index (χ0) is 31.6. The number of rotatable bonds is 12. The van der Waals surface area contributed by atoms with Crippen molar-refractivity contribution in [3.63, 3.8) is 0 Å². The highest BCUT2D eigenvalue weighted by Crippen LogP contribution is 2.30. The lowest BCUT2D eigenvalue weighted by molar-refractivity contribution is 0.0106. The number of piperidine rings is 1. The van der Waals surface area contributed by atoms with E-state index in [2.05, 4.69) is 59.9 Å². The number of nitrogens with one attached hydrogen (secondary N) is 1. The van der Waals surface area contributed by atoms with Crippen molar-refractivity contribution >= 4 is 22.7 Å². The molecule has 2 unspecified atom stereocenters. The molecule has 0 aromatic heterocycles. The molecule has 1 aliphatic heterocycles. The molecular weight excluding hydrogens is 578 g/mol. The number of ether oxygens (including phenoxy) is 4.